The summed E-state index contributed by atoms with van der Waals surface area (Å²) in [6, 6.07) is 22.5. The molecule has 3 rings (SSSR count). The van der Waals surface area contributed by atoms with Gasteiger partial charge in [0.1, 0.15) is 17.7 Å². The predicted molar refractivity (Wildman–Crippen MR) is 161 cm³/mol. The minimum Gasteiger partial charge on any atom is -0.458 e. The van der Waals surface area contributed by atoms with Crippen molar-refractivity contribution in [1.82, 2.24) is 10.6 Å². The van der Waals surface area contributed by atoms with E-state index in [1.54, 1.807) is 45.9 Å². The van der Waals surface area contributed by atoms with Crippen LogP contribution in [0.25, 0.3) is 0 Å². The van der Waals surface area contributed by atoms with Crippen LogP contribution in [-0.4, -0.2) is 49.6 Å². The SMILES string of the molecule is CC(NC(=O)Cc1cccc(N=Nc2ccc(N(C)C)cc2)c1)C(=O)NC(Cc1ccccc1)C(=O)OC(C)(C)C. The Kier molecular flexibility index (Phi) is 10.7. The Balaban J connectivity index is 1.59. The van der Waals surface area contributed by atoms with Crippen molar-refractivity contribution in [2.45, 2.75) is 58.2 Å². The van der Waals surface area contributed by atoms with Gasteiger partial charge in [0.25, 0.3) is 0 Å². The van der Waals surface area contributed by atoms with Gasteiger partial charge < -0.3 is 20.3 Å². The van der Waals surface area contributed by atoms with Crippen molar-refractivity contribution in [3.63, 3.8) is 0 Å². The number of hydrogen-bond acceptors (Lipinski definition) is 7. The third-order valence-electron chi connectivity index (χ3n) is 5.98. The van der Waals surface area contributed by atoms with Gasteiger partial charge in [-0.15, -0.1) is 0 Å². The number of amides is 2. The second kappa shape index (κ2) is 14.2. The van der Waals surface area contributed by atoms with E-state index in [9.17, 15) is 14.4 Å². The first kappa shape index (κ1) is 31.0. The van der Waals surface area contributed by atoms with Crippen molar-refractivity contribution in [2.24, 2.45) is 10.2 Å². The average molecular weight is 558 g/mol. The molecule has 2 amide bonds. The zero-order valence-electron chi connectivity index (χ0n) is 24.5. The van der Waals surface area contributed by atoms with Crippen LogP contribution in [-0.2, 0) is 32.0 Å². The molecule has 0 aliphatic heterocycles. The Morgan fingerprint density at radius 1 is 0.829 bits per heavy atom. The topological polar surface area (TPSA) is 112 Å². The number of azo groups is 1. The van der Waals surface area contributed by atoms with Crippen LogP contribution in [0.1, 0.15) is 38.8 Å². The second-order valence-electron chi connectivity index (χ2n) is 11.0. The van der Waals surface area contributed by atoms with E-state index < -0.39 is 29.6 Å². The maximum Gasteiger partial charge on any atom is 0.329 e. The van der Waals surface area contributed by atoms with E-state index in [0.717, 1.165) is 22.5 Å². The first-order valence-corrected chi connectivity index (χ1v) is 13.5. The lowest BCUT2D eigenvalue weighted by molar-refractivity contribution is -0.158. The van der Waals surface area contributed by atoms with Crippen molar-refractivity contribution in [3.8, 4) is 0 Å². The summed E-state index contributed by atoms with van der Waals surface area (Å²) in [7, 11) is 3.94. The summed E-state index contributed by atoms with van der Waals surface area (Å²) in [5, 5.41) is 14.0. The third kappa shape index (κ3) is 10.5. The van der Waals surface area contributed by atoms with E-state index in [2.05, 4.69) is 20.9 Å². The van der Waals surface area contributed by atoms with E-state index in [0.29, 0.717) is 5.69 Å². The number of rotatable bonds is 11. The molecule has 0 bridgehead atoms. The van der Waals surface area contributed by atoms with Gasteiger partial charge in [0.05, 0.1) is 17.8 Å². The van der Waals surface area contributed by atoms with Crippen LogP contribution in [0.15, 0.2) is 89.1 Å². The lowest BCUT2D eigenvalue weighted by Gasteiger charge is -2.25. The first-order valence-electron chi connectivity index (χ1n) is 13.5. The highest BCUT2D eigenvalue weighted by Gasteiger charge is 2.28. The number of benzene rings is 3. The van der Waals surface area contributed by atoms with E-state index in [1.807, 2.05) is 79.7 Å². The van der Waals surface area contributed by atoms with Gasteiger partial charge in [-0.2, -0.15) is 10.2 Å². The van der Waals surface area contributed by atoms with Crippen molar-refractivity contribution in [3.05, 3.63) is 90.0 Å². The molecule has 0 aliphatic rings. The van der Waals surface area contributed by atoms with Gasteiger partial charge in [-0.25, -0.2) is 4.79 Å². The molecule has 2 atom stereocenters. The number of hydrogen-bond donors (Lipinski definition) is 2. The Labute approximate surface area is 242 Å². The Morgan fingerprint density at radius 2 is 1.46 bits per heavy atom. The van der Waals surface area contributed by atoms with Crippen molar-refractivity contribution in [1.29, 1.82) is 0 Å². The van der Waals surface area contributed by atoms with Gasteiger partial charge in [0, 0.05) is 26.2 Å². The zero-order chi connectivity index (χ0) is 30.0. The minimum absolute atomic E-state index is 0.0536. The summed E-state index contributed by atoms with van der Waals surface area (Å²) in [6.07, 6.45) is 0.321. The molecular weight excluding hydrogens is 518 g/mol. The zero-order valence-corrected chi connectivity index (χ0v) is 24.5. The van der Waals surface area contributed by atoms with Gasteiger partial charge >= 0.3 is 5.97 Å². The quantitative estimate of drug-likeness (QED) is 0.246. The number of carbonyl (C=O) groups is 3. The average Bonchev–Trinajstić information content (AvgIpc) is 2.91. The number of nitrogens with zero attached hydrogens (tertiary/aromatic N) is 3. The van der Waals surface area contributed by atoms with Crippen LogP contribution in [0, 0.1) is 0 Å². The normalized spacial score (nSPS) is 12.8. The largest absolute Gasteiger partial charge is 0.458 e. The molecular formula is C32H39N5O4. The number of ether oxygens (including phenoxy) is 1. The summed E-state index contributed by atoms with van der Waals surface area (Å²) in [5.74, 6) is -1.35. The Hall–Kier alpha value is -4.53. The maximum absolute atomic E-state index is 13.0. The summed E-state index contributed by atoms with van der Waals surface area (Å²) < 4.78 is 5.53. The van der Waals surface area contributed by atoms with Gasteiger partial charge in [-0.1, -0.05) is 42.5 Å². The summed E-state index contributed by atoms with van der Waals surface area (Å²) in [6.45, 7) is 6.89. The smallest absolute Gasteiger partial charge is 0.329 e. The molecule has 0 heterocycles. The van der Waals surface area contributed by atoms with Crippen LogP contribution in [0.5, 0.6) is 0 Å². The molecule has 0 aromatic heterocycles. The fourth-order valence-electron chi connectivity index (χ4n) is 3.92. The van der Waals surface area contributed by atoms with Crippen LogP contribution in [0.4, 0.5) is 17.1 Å². The number of carbonyl (C=O) groups excluding carboxylic acids is 3. The second-order valence-corrected chi connectivity index (χ2v) is 11.0. The molecule has 0 saturated carbocycles. The molecule has 216 valence electrons. The maximum atomic E-state index is 13.0. The number of esters is 1. The summed E-state index contributed by atoms with van der Waals surface area (Å²) in [4.78, 5) is 40.6. The molecule has 0 spiro atoms. The van der Waals surface area contributed by atoms with Gasteiger partial charge in [0.15, 0.2) is 0 Å². The van der Waals surface area contributed by atoms with E-state index in [-0.39, 0.29) is 18.7 Å². The number of nitrogens with one attached hydrogen (secondary N) is 2. The summed E-state index contributed by atoms with van der Waals surface area (Å²) >= 11 is 0. The van der Waals surface area contributed by atoms with Gasteiger partial charge in [-0.3, -0.25) is 9.59 Å². The molecule has 9 heteroatoms. The molecule has 2 N–H and O–H groups in total. The molecule has 3 aromatic rings. The van der Waals surface area contributed by atoms with Crippen LogP contribution in [0.2, 0.25) is 0 Å². The minimum atomic E-state index is -0.899. The van der Waals surface area contributed by atoms with Crippen LogP contribution in [0.3, 0.4) is 0 Å². The predicted octanol–water partition coefficient (Wildman–Crippen LogP) is 5.28. The van der Waals surface area contributed by atoms with E-state index >= 15 is 0 Å². The fourth-order valence-corrected chi connectivity index (χ4v) is 3.92. The fraction of sp³-hybridized carbons (Fsp3) is 0.344. The highest BCUT2D eigenvalue weighted by Crippen LogP contribution is 2.22. The molecule has 0 fully saturated rings. The van der Waals surface area contributed by atoms with Crippen molar-refractivity contribution in [2.75, 3.05) is 19.0 Å². The first-order chi connectivity index (χ1) is 19.4. The summed E-state index contributed by atoms with van der Waals surface area (Å²) in [5.41, 5.74) is 3.29. The highest BCUT2D eigenvalue weighted by atomic mass is 16.6. The standard InChI is InChI=1S/C32H39N5O4/c1-22(30(39)34-28(31(40)41-32(2,3)4)20-23-11-8-7-9-12-23)33-29(38)21-24-13-10-14-26(19-24)36-35-25-15-17-27(18-16-25)37(5)6/h7-19,22,28H,20-21H2,1-6H3,(H,33,38)(H,34,39). The lowest BCUT2D eigenvalue weighted by atomic mass is 10.0. The Morgan fingerprint density at radius 3 is 2.10 bits per heavy atom. The van der Waals surface area contributed by atoms with E-state index in [4.69, 9.17) is 4.74 Å². The van der Waals surface area contributed by atoms with Crippen LogP contribution >= 0.6 is 0 Å². The van der Waals surface area contributed by atoms with Crippen molar-refractivity contribution >= 4 is 34.8 Å². The monoisotopic (exact) mass is 557 g/mol. The highest BCUT2D eigenvalue weighted by molar-refractivity contribution is 5.91. The molecule has 0 aliphatic carbocycles. The van der Waals surface area contributed by atoms with E-state index in [1.165, 1.54) is 0 Å². The van der Waals surface area contributed by atoms with Gasteiger partial charge in [-0.05, 0) is 75.2 Å². The van der Waals surface area contributed by atoms with Crippen molar-refractivity contribution < 1.29 is 19.1 Å². The molecule has 41 heavy (non-hydrogen) atoms. The lowest BCUT2D eigenvalue weighted by Crippen LogP contribution is -2.52. The molecule has 0 saturated heterocycles. The van der Waals surface area contributed by atoms with Gasteiger partial charge in [0.2, 0.25) is 11.8 Å². The Bertz CT molecular complexity index is 1350. The molecule has 9 nitrogen and oxygen atoms in total. The third-order valence-corrected chi connectivity index (χ3v) is 5.98. The molecule has 0 radical (unpaired) electrons. The molecule has 2 unspecified atom stereocenters. The number of anilines is 1. The molecule has 3 aromatic carbocycles. The van der Waals surface area contributed by atoms with Crippen LogP contribution < -0.4 is 15.5 Å².